The molecule has 1 aliphatic rings. The van der Waals surface area contributed by atoms with Gasteiger partial charge in [0.25, 0.3) is 0 Å². The van der Waals surface area contributed by atoms with Gasteiger partial charge in [0, 0.05) is 5.56 Å². The summed E-state index contributed by atoms with van der Waals surface area (Å²) >= 11 is 2.99. The fourth-order valence-corrected chi connectivity index (χ4v) is 4.34. The molecule has 0 aliphatic carbocycles. The van der Waals surface area contributed by atoms with Crippen molar-refractivity contribution in [1.29, 1.82) is 0 Å². The molecule has 3 nitrogen and oxygen atoms in total. The van der Waals surface area contributed by atoms with Crippen molar-refractivity contribution >= 4 is 31.6 Å². The van der Waals surface area contributed by atoms with Crippen LogP contribution in [0.25, 0.3) is 0 Å². The highest BCUT2D eigenvalue weighted by Crippen LogP contribution is 2.25. The van der Waals surface area contributed by atoms with Gasteiger partial charge in [-0.05, 0) is 47.0 Å². The first-order chi connectivity index (χ1) is 8.42. The van der Waals surface area contributed by atoms with Gasteiger partial charge in [-0.25, -0.2) is 12.8 Å². The minimum atomic E-state index is -3.35. The molecular weight excluding hydrogens is 323 g/mol. The van der Waals surface area contributed by atoms with Crippen molar-refractivity contribution in [2.75, 3.05) is 5.75 Å². The van der Waals surface area contributed by atoms with Crippen molar-refractivity contribution in [2.24, 2.45) is 0 Å². The Morgan fingerprint density at radius 1 is 1.33 bits per heavy atom. The molecule has 6 heteroatoms. The summed E-state index contributed by atoms with van der Waals surface area (Å²) < 4.78 is 36.9. The summed E-state index contributed by atoms with van der Waals surface area (Å²) in [6.45, 7) is 0. The Balaban J connectivity index is 2.33. The van der Waals surface area contributed by atoms with E-state index in [1.807, 2.05) is 0 Å². The van der Waals surface area contributed by atoms with Crippen LogP contribution in [0, 0.1) is 5.82 Å². The summed E-state index contributed by atoms with van der Waals surface area (Å²) in [6.07, 6.45) is 1.70. The summed E-state index contributed by atoms with van der Waals surface area (Å²) in [7, 11) is -3.35. The molecule has 98 valence electrons. The second-order valence-electron chi connectivity index (χ2n) is 4.34. The molecule has 1 unspecified atom stereocenters. The van der Waals surface area contributed by atoms with Gasteiger partial charge >= 0.3 is 0 Å². The molecule has 0 aromatic heterocycles. The molecule has 0 N–H and O–H groups in total. The van der Waals surface area contributed by atoms with Crippen LogP contribution in [0.1, 0.15) is 29.6 Å². The molecule has 2 rings (SSSR count). The van der Waals surface area contributed by atoms with Gasteiger partial charge in [-0.2, -0.15) is 0 Å². The molecule has 1 heterocycles. The number of carbonyl (C=O) groups is 1. The van der Waals surface area contributed by atoms with E-state index in [9.17, 15) is 17.6 Å². The van der Waals surface area contributed by atoms with E-state index in [4.69, 9.17) is 0 Å². The lowest BCUT2D eigenvalue weighted by atomic mass is 10.0. The highest BCUT2D eigenvalue weighted by molar-refractivity contribution is 9.10. The van der Waals surface area contributed by atoms with Crippen LogP contribution in [-0.4, -0.2) is 25.2 Å². The maximum Gasteiger partial charge on any atom is 0.180 e. The first kappa shape index (κ1) is 13.7. The third-order valence-corrected chi connectivity index (χ3v) is 5.86. The van der Waals surface area contributed by atoms with E-state index in [1.165, 1.54) is 12.1 Å². The third kappa shape index (κ3) is 2.64. The molecule has 0 saturated carbocycles. The number of rotatable bonds is 2. The number of hydrogen-bond donors (Lipinski definition) is 0. The van der Waals surface area contributed by atoms with E-state index in [-0.39, 0.29) is 15.8 Å². The van der Waals surface area contributed by atoms with Crippen molar-refractivity contribution in [2.45, 2.75) is 24.5 Å². The zero-order valence-corrected chi connectivity index (χ0v) is 11.9. The van der Waals surface area contributed by atoms with Crippen molar-refractivity contribution in [3.8, 4) is 0 Å². The van der Waals surface area contributed by atoms with E-state index in [0.717, 1.165) is 12.5 Å². The predicted molar refractivity (Wildman–Crippen MR) is 69.9 cm³/mol. The quantitative estimate of drug-likeness (QED) is 0.781. The van der Waals surface area contributed by atoms with Gasteiger partial charge in [0.05, 0.1) is 10.2 Å². The molecule has 0 spiro atoms. The van der Waals surface area contributed by atoms with Crippen molar-refractivity contribution in [3.05, 3.63) is 34.1 Å². The van der Waals surface area contributed by atoms with Gasteiger partial charge in [0.2, 0.25) is 0 Å². The Morgan fingerprint density at radius 2 is 2.06 bits per heavy atom. The van der Waals surface area contributed by atoms with Gasteiger partial charge < -0.3 is 0 Å². The number of ketones is 1. The van der Waals surface area contributed by atoms with E-state index in [1.54, 1.807) is 0 Å². The zero-order chi connectivity index (χ0) is 13.3. The van der Waals surface area contributed by atoms with Crippen molar-refractivity contribution in [1.82, 2.24) is 0 Å². The normalized spacial score (nSPS) is 22.7. The first-order valence-electron chi connectivity index (χ1n) is 5.62. The predicted octanol–water partition coefficient (Wildman–Crippen LogP) is 2.74. The number of sulfone groups is 1. The minimum Gasteiger partial charge on any atom is -0.293 e. The molecule has 1 aromatic rings. The van der Waals surface area contributed by atoms with Crippen LogP contribution in [0.3, 0.4) is 0 Å². The SMILES string of the molecule is O=C(c1ccc(F)c(Br)c1)C1CCCCS1(=O)=O. The van der Waals surface area contributed by atoms with Gasteiger partial charge in [-0.15, -0.1) is 0 Å². The maximum absolute atomic E-state index is 13.1. The van der Waals surface area contributed by atoms with Gasteiger partial charge in [0.1, 0.15) is 11.1 Å². The highest BCUT2D eigenvalue weighted by atomic mass is 79.9. The van der Waals surface area contributed by atoms with Crippen LogP contribution in [0.2, 0.25) is 0 Å². The lowest BCUT2D eigenvalue weighted by molar-refractivity contribution is 0.0981. The summed E-state index contributed by atoms with van der Waals surface area (Å²) in [4.78, 5) is 12.2. The third-order valence-electron chi connectivity index (χ3n) is 3.08. The average Bonchev–Trinajstić information content (AvgIpc) is 2.31. The topological polar surface area (TPSA) is 51.2 Å². The van der Waals surface area contributed by atoms with E-state index < -0.39 is 26.7 Å². The lowest BCUT2D eigenvalue weighted by Crippen LogP contribution is -2.35. The molecule has 0 bridgehead atoms. The van der Waals surface area contributed by atoms with E-state index >= 15 is 0 Å². The second kappa shape index (κ2) is 5.09. The Hall–Kier alpha value is -0.750. The fraction of sp³-hybridized carbons (Fsp3) is 0.417. The summed E-state index contributed by atoms with van der Waals surface area (Å²) in [5.74, 6) is -0.848. The van der Waals surface area contributed by atoms with Crippen molar-refractivity contribution in [3.63, 3.8) is 0 Å². The van der Waals surface area contributed by atoms with Crippen LogP contribution in [0.15, 0.2) is 22.7 Å². The molecule has 1 saturated heterocycles. The fourth-order valence-electron chi connectivity index (χ4n) is 2.08. The number of halogens is 2. The Morgan fingerprint density at radius 3 is 2.67 bits per heavy atom. The number of hydrogen-bond acceptors (Lipinski definition) is 3. The van der Waals surface area contributed by atoms with Crippen molar-refractivity contribution < 1.29 is 17.6 Å². The van der Waals surface area contributed by atoms with Gasteiger partial charge in [-0.1, -0.05) is 6.42 Å². The molecular formula is C12H12BrFO3S. The number of carbonyl (C=O) groups excluding carboxylic acids is 1. The van der Waals surface area contributed by atoms with Crippen LogP contribution < -0.4 is 0 Å². The molecule has 0 amide bonds. The molecule has 1 aromatic carbocycles. The standard InChI is InChI=1S/C12H12BrFO3S/c13-9-7-8(4-5-10(9)14)12(15)11-3-1-2-6-18(11,16)17/h4-5,7,11H,1-3,6H2. The average molecular weight is 335 g/mol. The van der Waals surface area contributed by atoms with Crippen LogP contribution in [0.4, 0.5) is 4.39 Å². The number of Topliss-reactive ketones (excluding diaryl/α,β-unsaturated/α-hetero) is 1. The highest BCUT2D eigenvalue weighted by Gasteiger charge is 2.35. The monoisotopic (exact) mass is 334 g/mol. The Labute approximate surface area is 113 Å². The minimum absolute atomic E-state index is 0.0613. The zero-order valence-electron chi connectivity index (χ0n) is 9.53. The summed E-state index contributed by atoms with van der Waals surface area (Å²) in [5.41, 5.74) is 0.235. The maximum atomic E-state index is 13.1. The Kier molecular flexibility index (Phi) is 3.87. The molecule has 1 fully saturated rings. The number of benzene rings is 1. The summed E-state index contributed by atoms with van der Waals surface area (Å²) in [5, 5.41) is -0.969. The first-order valence-corrected chi connectivity index (χ1v) is 8.13. The van der Waals surface area contributed by atoms with Crippen LogP contribution >= 0.6 is 15.9 Å². The molecule has 1 atom stereocenters. The van der Waals surface area contributed by atoms with Gasteiger partial charge in [-0.3, -0.25) is 4.79 Å². The smallest absolute Gasteiger partial charge is 0.180 e. The van der Waals surface area contributed by atoms with E-state index in [2.05, 4.69) is 15.9 Å². The molecule has 18 heavy (non-hydrogen) atoms. The van der Waals surface area contributed by atoms with Crippen LogP contribution in [-0.2, 0) is 9.84 Å². The molecule has 1 aliphatic heterocycles. The Bertz CT molecular complexity index is 583. The largest absolute Gasteiger partial charge is 0.293 e. The molecule has 0 radical (unpaired) electrons. The van der Waals surface area contributed by atoms with Crippen LogP contribution in [0.5, 0.6) is 0 Å². The van der Waals surface area contributed by atoms with E-state index in [0.29, 0.717) is 12.8 Å². The summed E-state index contributed by atoms with van der Waals surface area (Å²) in [6, 6.07) is 3.82. The second-order valence-corrected chi connectivity index (χ2v) is 7.50. The van der Waals surface area contributed by atoms with Gasteiger partial charge in [0.15, 0.2) is 15.6 Å². The lowest BCUT2D eigenvalue weighted by Gasteiger charge is -2.21.